The van der Waals surface area contributed by atoms with E-state index in [1.165, 1.54) is 0 Å². The van der Waals surface area contributed by atoms with E-state index in [2.05, 4.69) is 10.0 Å². The summed E-state index contributed by atoms with van der Waals surface area (Å²) in [6, 6.07) is 8.86. The highest BCUT2D eigenvalue weighted by atomic mass is 32.2. The number of hydrogen-bond donors (Lipinski definition) is 2. The van der Waals surface area contributed by atoms with Crippen molar-refractivity contribution in [3.05, 3.63) is 46.7 Å². The molecule has 6 heteroatoms. The molecule has 0 fully saturated rings. The fourth-order valence-electron chi connectivity index (χ4n) is 1.75. The summed E-state index contributed by atoms with van der Waals surface area (Å²) in [6.45, 7) is 0.400. The van der Waals surface area contributed by atoms with E-state index in [9.17, 15) is 8.42 Å². The zero-order chi connectivity index (χ0) is 13.7. The predicted molar refractivity (Wildman–Crippen MR) is 79.2 cm³/mol. The van der Waals surface area contributed by atoms with Gasteiger partial charge >= 0.3 is 0 Å². The predicted octanol–water partition coefficient (Wildman–Crippen LogP) is 2.31. The molecule has 0 radical (unpaired) electrons. The van der Waals surface area contributed by atoms with Gasteiger partial charge in [0.2, 0.25) is 10.0 Å². The molecule has 1 aromatic heterocycles. The normalized spacial score (nSPS) is 11.4. The van der Waals surface area contributed by atoms with E-state index < -0.39 is 10.0 Å². The molecule has 102 valence electrons. The fraction of sp³-hybridized carbons (Fsp3) is 0.231. The fourth-order valence-corrected chi connectivity index (χ4v) is 3.70. The van der Waals surface area contributed by atoms with E-state index in [0.717, 1.165) is 5.56 Å². The van der Waals surface area contributed by atoms with Crippen LogP contribution in [0.2, 0.25) is 0 Å². The van der Waals surface area contributed by atoms with Gasteiger partial charge in [-0.25, -0.2) is 13.1 Å². The Labute approximate surface area is 117 Å². The molecule has 1 heterocycles. The molecular formula is C13H16N2O2S2. The van der Waals surface area contributed by atoms with Crippen molar-refractivity contribution in [2.75, 3.05) is 18.9 Å². The van der Waals surface area contributed by atoms with Gasteiger partial charge in [-0.05, 0) is 40.9 Å². The number of para-hydroxylation sites is 1. The van der Waals surface area contributed by atoms with E-state index in [4.69, 9.17) is 0 Å². The van der Waals surface area contributed by atoms with Crippen LogP contribution in [0.4, 0.5) is 5.69 Å². The van der Waals surface area contributed by atoms with Crippen LogP contribution in [0, 0.1) is 0 Å². The number of thiophene rings is 1. The molecule has 0 atom stereocenters. The first-order chi connectivity index (χ1) is 9.13. The number of anilines is 1. The van der Waals surface area contributed by atoms with Crippen LogP contribution in [0.5, 0.6) is 0 Å². The van der Waals surface area contributed by atoms with Crippen molar-refractivity contribution in [3.8, 4) is 0 Å². The molecule has 0 saturated carbocycles. The van der Waals surface area contributed by atoms with E-state index in [0.29, 0.717) is 18.7 Å². The van der Waals surface area contributed by atoms with Crippen molar-refractivity contribution in [2.24, 2.45) is 0 Å². The molecule has 0 saturated heterocycles. The quantitative estimate of drug-likeness (QED) is 0.860. The number of benzene rings is 1. The smallest absolute Gasteiger partial charge is 0.242 e. The zero-order valence-electron chi connectivity index (χ0n) is 10.6. The van der Waals surface area contributed by atoms with Gasteiger partial charge in [0.25, 0.3) is 0 Å². The van der Waals surface area contributed by atoms with Crippen LogP contribution < -0.4 is 10.0 Å². The van der Waals surface area contributed by atoms with Crippen molar-refractivity contribution in [1.29, 1.82) is 0 Å². The summed E-state index contributed by atoms with van der Waals surface area (Å²) in [5.74, 6) is 0. The summed E-state index contributed by atoms with van der Waals surface area (Å²) in [6.07, 6.45) is 0.699. The van der Waals surface area contributed by atoms with E-state index in [1.54, 1.807) is 42.6 Å². The minimum atomic E-state index is -3.47. The summed E-state index contributed by atoms with van der Waals surface area (Å²) in [5, 5.41) is 6.90. The largest absolute Gasteiger partial charge is 0.387 e. The lowest BCUT2D eigenvalue weighted by molar-refractivity contribution is 0.582. The Balaban J connectivity index is 2.05. The van der Waals surface area contributed by atoms with Gasteiger partial charge in [-0.2, -0.15) is 11.3 Å². The molecule has 0 aliphatic heterocycles. The maximum absolute atomic E-state index is 12.2. The molecule has 1 aromatic carbocycles. The Bertz CT molecular complexity index is 622. The molecule has 2 aromatic rings. The second-order valence-electron chi connectivity index (χ2n) is 4.03. The number of rotatable bonds is 6. The molecular weight excluding hydrogens is 280 g/mol. The molecule has 4 nitrogen and oxygen atoms in total. The van der Waals surface area contributed by atoms with Crippen molar-refractivity contribution in [2.45, 2.75) is 11.3 Å². The SMILES string of the molecule is CNc1ccccc1S(=O)(=O)NCCc1ccsc1. The topological polar surface area (TPSA) is 58.2 Å². The Kier molecular flexibility index (Phi) is 4.57. The molecule has 2 rings (SSSR count). The summed E-state index contributed by atoms with van der Waals surface area (Å²) >= 11 is 1.61. The summed E-state index contributed by atoms with van der Waals surface area (Å²) in [7, 11) is -1.76. The minimum Gasteiger partial charge on any atom is -0.387 e. The van der Waals surface area contributed by atoms with Crippen molar-refractivity contribution < 1.29 is 8.42 Å². The maximum atomic E-state index is 12.2. The van der Waals surface area contributed by atoms with Crippen molar-refractivity contribution in [3.63, 3.8) is 0 Å². The summed E-state index contributed by atoms with van der Waals surface area (Å²) in [4.78, 5) is 0.280. The van der Waals surface area contributed by atoms with Crippen LogP contribution in [0.3, 0.4) is 0 Å². The highest BCUT2D eigenvalue weighted by Crippen LogP contribution is 2.19. The lowest BCUT2D eigenvalue weighted by Gasteiger charge is -2.10. The van der Waals surface area contributed by atoms with Gasteiger partial charge in [0.1, 0.15) is 4.90 Å². The summed E-state index contributed by atoms with van der Waals surface area (Å²) in [5.41, 5.74) is 1.75. The molecule has 2 N–H and O–H groups in total. The average Bonchev–Trinajstić information content (AvgIpc) is 2.91. The number of sulfonamides is 1. The molecule has 0 spiro atoms. The molecule has 0 amide bonds. The molecule has 0 unspecified atom stereocenters. The Hall–Kier alpha value is -1.37. The van der Waals surface area contributed by atoms with Gasteiger partial charge in [-0.15, -0.1) is 0 Å². The van der Waals surface area contributed by atoms with E-state index in [-0.39, 0.29) is 4.90 Å². The summed E-state index contributed by atoms with van der Waals surface area (Å²) < 4.78 is 27.0. The lowest BCUT2D eigenvalue weighted by atomic mass is 10.2. The Morgan fingerprint density at radius 3 is 2.68 bits per heavy atom. The van der Waals surface area contributed by atoms with Crippen LogP contribution in [0.15, 0.2) is 46.0 Å². The first kappa shape index (κ1) is 14.0. The van der Waals surface area contributed by atoms with Gasteiger partial charge in [0.05, 0.1) is 5.69 Å². The second-order valence-corrected chi connectivity index (χ2v) is 6.54. The van der Waals surface area contributed by atoms with Crippen LogP contribution >= 0.6 is 11.3 Å². The third kappa shape index (κ3) is 3.56. The van der Waals surface area contributed by atoms with E-state index in [1.807, 2.05) is 16.8 Å². The highest BCUT2D eigenvalue weighted by molar-refractivity contribution is 7.89. The third-order valence-corrected chi connectivity index (χ3v) is 4.98. The highest BCUT2D eigenvalue weighted by Gasteiger charge is 2.16. The average molecular weight is 296 g/mol. The molecule has 0 aliphatic rings. The van der Waals surface area contributed by atoms with Crippen LogP contribution in [0.1, 0.15) is 5.56 Å². The zero-order valence-corrected chi connectivity index (χ0v) is 12.2. The van der Waals surface area contributed by atoms with Gasteiger partial charge in [0.15, 0.2) is 0 Å². The second kappa shape index (κ2) is 6.18. The lowest BCUT2D eigenvalue weighted by Crippen LogP contribution is -2.26. The van der Waals surface area contributed by atoms with Gasteiger partial charge in [0, 0.05) is 13.6 Å². The van der Waals surface area contributed by atoms with Crippen LogP contribution in [-0.2, 0) is 16.4 Å². The van der Waals surface area contributed by atoms with Crippen molar-refractivity contribution >= 4 is 27.0 Å². The first-order valence-electron chi connectivity index (χ1n) is 5.91. The van der Waals surface area contributed by atoms with Gasteiger partial charge < -0.3 is 5.32 Å². The molecule has 19 heavy (non-hydrogen) atoms. The molecule has 0 bridgehead atoms. The standard InChI is InChI=1S/C13H16N2O2S2/c1-14-12-4-2-3-5-13(12)19(16,17)15-8-6-11-7-9-18-10-11/h2-5,7,9-10,14-15H,6,8H2,1H3. The van der Waals surface area contributed by atoms with Gasteiger partial charge in [-0.3, -0.25) is 0 Å². The third-order valence-electron chi connectivity index (χ3n) is 2.73. The van der Waals surface area contributed by atoms with Gasteiger partial charge in [-0.1, -0.05) is 12.1 Å². The Morgan fingerprint density at radius 1 is 1.21 bits per heavy atom. The number of hydrogen-bond acceptors (Lipinski definition) is 4. The maximum Gasteiger partial charge on any atom is 0.242 e. The number of nitrogens with one attached hydrogen (secondary N) is 2. The van der Waals surface area contributed by atoms with Crippen LogP contribution in [-0.4, -0.2) is 22.0 Å². The van der Waals surface area contributed by atoms with Crippen LogP contribution in [0.25, 0.3) is 0 Å². The van der Waals surface area contributed by atoms with Crippen molar-refractivity contribution in [1.82, 2.24) is 4.72 Å². The first-order valence-corrected chi connectivity index (χ1v) is 8.33. The molecule has 0 aliphatic carbocycles. The Morgan fingerprint density at radius 2 is 2.00 bits per heavy atom. The monoisotopic (exact) mass is 296 g/mol. The van der Waals surface area contributed by atoms with E-state index >= 15 is 0 Å². The minimum absolute atomic E-state index is 0.280.